The third-order valence-corrected chi connectivity index (χ3v) is 9.37. The number of phenolic OH excluding ortho intramolecular Hbond substituents is 1. The lowest BCUT2D eigenvalue weighted by Gasteiger charge is -2.43. The summed E-state index contributed by atoms with van der Waals surface area (Å²) in [5.41, 5.74) is 1.18. The molecule has 0 radical (unpaired) electrons. The van der Waals surface area contributed by atoms with Gasteiger partial charge in [-0.1, -0.05) is 24.1 Å². The Morgan fingerprint density at radius 1 is 1.00 bits per heavy atom. The van der Waals surface area contributed by atoms with Gasteiger partial charge in [0, 0.05) is 11.6 Å². The number of carbonyl (C=O) groups excluding carboxylic acids is 1. The van der Waals surface area contributed by atoms with Crippen molar-refractivity contribution in [2.45, 2.75) is 82.1 Å². The van der Waals surface area contributed by atoms with Crippen molar-refractivity contribution >= 4 is 23.6 Å². The molecule has 1 heterocycles. The summed E-state index contributed by atoms with van der Waals surface area (Å²) in [4.78, 5) is 12.9. The lowest BCUT2D eigenvalue weighted by Crippen LogP contribution is -2.63. The molecule has 2 saturated carbocycles. The molecule has 46 heavy (non-hydrogen) atoms. The van der Waals surface area contributed by atoms with Crippen LogP contribution in [0.2, 0.25) is 5.02 Å². The van der Waals surface area contributed by atoms with Gasteiger partial charge < -0.3 is 50.2 Å². The first kappa shape index (κ1) is 34.1. The Morgan fingerprint density at radius 3 is 2.41 bits per heavy atom. The zero-order valence-corrected chi connectivity index (χ0v) is 26.0. The number of hydrogen-bond donors (Lipinski definition) is 7. The van der Waals surface area contributed by atoms with E-state index in [1.54, 1.807) is 19.1 Å². The molecular weight excluding hydrogens is 625 g/mol. The molecular formula is C33H39ClFNO10. The molecule has 3 aliphatic rings. The maximum Gasteiger partial charge on any atom is 0.247 e. The normalized spacial score (nSPS) is 33.1. The van der Waals surface area contributed by atoms with E-state index in [-0.39, 0.29) is 46.3 Å². The summed E-state index contributed by atoms with van der Waals surface area (Å²) in [6.45, 7) is 3.22. The minimum Gasteiger partial charge on any atom is -0.504 e. The predicted octanol–water partition coefficient (Wildman–Crippen LogP) is 2.44. The highest BCUT2D eigenvalue weighted by Gasteiger charge is 2.51. The van der Waals surface area contributed by atoms with Crippen molar-refractivity contribution in [2.75, 3.05) is 6.61 Å². The van der Waals surface area contributed by atoms with Crippen molar-refractivity contribution in [2.24, 2.45) is 11.8 Å². The second-order valence-corrected chi connectivity index (χ2v) is 12.6. The molecule has 11 nitrogen and oxygen atoms in total. The molecule has 3 fully saturated rings. The number of fused-ring (bicyclic) bond motifs is 1. The Morgan fingerprint density at radius 2 is 1.72 bits per heavy atom. The molecule has 2 aliphatic carbocycles. The fourth-order valence-electron chi connectivity index (χ4n) is 6.47. The van der Waals surface area contributed by atoms with Gasteiger partial charge >= 0.3 is 0 Å². The number of aliphatic hydroxyl groups is 5. The van der Waals surface area contributed by atoms with Crippen LogP contribution in [0.25, 0.3) is 6.08 Å². The molecule has 0 aromatic heterocycles. The third-order valence-electron chi connectivity index (χ3n) is 9.07. The van der Waals surface area contributed by atoms with Gasteiger partial charge in [0.15, 0.2) is 11.5 Å². The highest BCUT2D eigenvalue weighted by Crippen LogP contribution is 2.43. The second-order valence-electron chi connectivity index (χ2n) is 12.1. The van der Waals surface area contributed by atoms with Gasteiger partial charge in [0.25, 0.3) is 0 Å². The molecule has 1 amide bonds. The maximum absolute atomic E-state index is 13.6. The summed E-state index contributed by atoms with van der Waals surface area (Å²) < 4.78 is 30.5. The van der Waals surface area contributed by atoms with E-state index < -0.39 is 60.7 Å². The highest BCUT2D eigenvalue weighted by atomic mass is 35.5. The van der Waals surface area contributed by atoms with Crippen LogP contribution in [0.5, 0.6) is 17.2 Å². The van der Waals surface area contributed by atoms with Gasteiger partial charge in [-0.15, -0.1) is 0 Å². The largest absolute Gasteiger partial charge is 0.504 e. The van der Waals surface area contributed by atoms with Crippen molar-refractivity contribution in [3.05, 3.63) is 70.0 Å². The molecule has 1 saturated heterocycles. The fourth-order valence-corrected chi connectivity index (χ4v) is 6.59. The van der Waals surface area contributed by atoms with Gasteiger partial charge in [0.2, 0.25) is 12.2 Å². The van der Waals surface area contributed by atoms with Gasteiger partial charge in [0.05, 0.1) is 23.3 Å². The number of amides is 1. The Balaban J connectivity index is 1.18. The first-order valence-electron chi connectivity index (χ1n) is 15.1. The molecule has 0 spiro atoms. The number of halogens is 2. The van der Waals surface area contributed by atoms with E-state index in [0.29, 0.717) is 17.6 Å². The van der Waals surface area contributed by atoms with Gasteiger partial charge in [-0.3, -0.25) is 4.79 Å². The number of benzene rings is 2. The molecule has 5 rings (SSSR count). The predicted molar refractivity (Wildman–Crippen MR) is 165 cm³/mol. The zero-order valence-electron chi connectivity index (χ0n) is 25.3. The summed E-state index contributed by atoms with van der Waals surface area (Å²) in [5.74, 6) is -1.67. The SMILES string of the molecule is C/C(=C\c1ccc(O[C@@H]2O[C@H](/C(C)=C/COc3ccc(Cl)c(F)c3)[C@@H](O)[C@@H]2O)c(O)c1)C(=O)N[C@@H]1[C@H](O)[C@@H](O)[C@H]2CCC[C@H]2[C@@H]1O. The summed E-state index contributed by atoms with van der Waals surface area (Å²) in [5, 5.41) is 66.3. The van der Waals surface area contributed by atoms with E-state index in [1.165, 1.54) is 37.3 Å². The van der Waals surface area contributed by atoms with Crippen molar-refractivity contribution in [3.63, 3.8) is 0 Å². The number of aromatic hydroxyl groups is 1. The van der Waals surface area contributed by atoms with Gasteiger partial charge in [-0.05, 0) is 86.1 Å². The van der Waals surface area contributed by atoms with E-state index in [4.69, 9.17) is 25.8 Å². The number of ether oxygens (including phenoxy) is 3. The van der Waals surface area contributed by atoms with Crippen LogP contribution in [-0.4, -0.2) is 92.1 Å². The monoisotopic (exact) mass is 663 g/mol. The molecule has 1 aliphatic heterocycles. The average Bonchev–Trinajstić information content (AvgIpc) is 3.62. The molecule has 13 heteroatoms. The first-order chi connectivity index (χ1) is 21.8. The van der Waals surface area contributed by atoms with Gasteiger partial charge in [-0.25, -0.2) is 4.39 Å². The van der Waals surface area contributed by atoms with Crippen LogP contribution in [0.4, 0.5) is 4.39 Å². The number of nitrogens with one attached hydrogen (secondary N) is 1. The number of carbonyl (C=O) groups is 1. The molecule has 7 N–H and O–H groups in total. The van der Waals surface area contributed by atoms with E-state index in [1.807, 2.05) is 0 Å². The smallest absolute Gasteiger partial charge is 0.247 e. The molecule has 250 valence electrons. The van der Waals surface area contributed by atoms with Gasteiger partial charge in [0.1, 0.15) is 42.6 Å². The lowest BCUT2D eigenvalue weighted by atomic mass is 9.73. The fraction of sp³-hybridized carbons (Fsp3) is 0.485. The first-order valence-corrected chi connectivity index (χ1v) is 15.5. The van der Waals surface area contributed by atoms with E-state index in [9.17, 15) is 39.8 Å². The van der Waals surface area contributed by atoms with Crippen LogP contribution in [0.3, 0.4) is 0 Å². The van der Waals surface area contributed by atoms with Crippen LogP contribution >= 0.6 is 11.6 Å². The van der Waals surface area contributed by atoms with Crippen molar-refractivity contribution in [1.29, 1.82) is 0 Å². The Kier molecular flexibility index (Phi) is 10.6. The number of phenols is 1. The number of aliphatic hydroxyl groups excluding tert-OH is 5. The van der Waals surface area contributed by atoms with E-state index in [2.05, 4.69) is 5.32 Å². The molecule has 10 atom stereocenters. The van der Waals surface area contributed by atoms with Gasteiger partial charge in [-0.2, -0.15) is 0 Å². The van der Waals surface area contributed by atoms with Crippen LogP contribution in [0.15, 0.2) is 53.6 Å². The minimum absolute atomic E-state index is 0.0269. The number of rotatable bonds is 9. The summed E-state index contributed by atoms with van der Waals surface area (Å²) in [6.07, 6.45) is -3.01. The zero-order chi connectivity index (χ0) is 33.3. The standard InChI is InChI=1S/C33H39ClFNO10/c1-15(10-11-44-18-7-8-21(34)22(35)14-18)31-29(41)30(42)33(46-31)45-24-9-6-17(13-23(24)37)12-16(2)32(43)36-25-26(38)19-4-3-5-20(19)27(39)28(25)40/h6-10,12-14,19-20,25-31,33,37-42H,3-5,11H2,1-2H3,(H,36,43)/b15-10+,16-12+/t19-,20+,25+,26+,27+,28+,29+,30+,31-,33-/m1/s1. The van der Waals surface area contributed by atoms with Crippen molar-refractivity contribution in [1.82, 2.24) is 5.32 Å². The van der Waals surface area contributed by atoms with Crippen LogP contribution in [0.1, 0.15) is 38.7 Å². The van der Waals surface area contributed by atoms with E-state index >= 15 is 0 Å². The summed E-state index contributed by atoms with van der Waals surface area (Å²) in [7, 11) is 0. The van der Waals surface area contributed by atoms with Crippen molar-refractivity contribution in [3.8, 4) is 17.2 Å². The number of hydrogen-bond acceptors (Lipinski definition) is 10. The second kappa shape index (κ2) is 14.3. The Bertz CT molecular complexity index is 1490. The molecule has 2 aromatic rings. The van der Waals surface area contributed by atoms with E-state index in [0.717, 1.165) is 18.9 Å². The van der Waals surface area contributed by atoms with Crippen LogP contribution in [-0.2, 0) is 9.53 Å². The average molecular weight is 664 g/mol. The molecule has 2 aromatic carbocycles. The Labute approximate surface area is 270 Å². The van der Waals surface area contributed by atoms with Crippen LogP contribution in [0, 0.1) is 17.7 Å². The quantitative estimate of drug-likeness (QED) is 0.156. The third kappa shape index (κ3) is 7.18. The summed E-state index contributed by atoms with van der Waals surface area (Å²) >= 11 is 5.68. The topological polar surface area (TPSA) is 178 Å². The molecule has 0 bridgehead atoms. The maximum atomic E-state index is 13.6. The van der Waals surface area contributed by atoms with Crippen LogP contribution < -0.4 is 14.8 Å². The van der Waals surface area contributed by atoms with Crippen molar-refractivity contribution < 1.29 is 54.0 Å². The lowest BCUT2D eigenvalue weighted by molar-refractivity contribution is -0.139. The molecule has 0 unspecified atom stereocenters. The minimum atomic E-state index is -1.45. The highest BCUT2D eigenvalue weighted by molar-refractivity contribution is 6.30. The Hall–Kier alpha value is -3.23. The summed E-state index contributed by atoms with van der Waals surface area (Å²) in [6, 6.07) is 7.30.